The Labute approximate surface area is 163 Å². The van der Waals surface area contributed by atoms with E-state index in [4.69, 9.17) is 4.74 Å². The number of esters is 1. The van der Waals surface area contributed by atoms with Gasteiger partial charge in [-0.3, -0.25) is 9.59 Å². The van der Waals surface area contributed by atoms with Crippen molar-refractivity contribution in [3.05, 3.63) is 71.5 Å². The van der Waals surface area contributed by atoms with Crippen molar-refractivity contribution < 1.29 is 23.5 Å². The van der Waals surface area contributed by atoms with E-state index < -0.39 is 35.7 Å². The Morgan fingerprint density at radius 1 is 0.929 bits per heavy atom. The zero-order chi connectivity index (χ0) is 20.5. The summed E-state index contributed by atoms with van der Waals surface area (Å²) < 4.78 is 18.2. The van der Waals surface area contributed by atoms with E-state index in [2.05, 4.69) is 10.6 Å². The maximum atomic E-state index is 13.4. The number of rotatable bonds is 8. The van der Waals surface area contributed by atoms with Crippen LogP contribution in [0.2, 0.25) is 0 Å². The van der Waals surface area contributed by atoms with Gasteiger partial charge in [0.05, 0.1) is 7.11 Å². The van der Waals surface area contributed by atoms with E-state index in [1.165, 1.54) is 32.2 Å². The van der Waals surface area contributed by atoms with Crippen molar-refractivity contribution >= 4 is 17.8 Å². The maximum Gasteiger partial charge on any atom is 0.328 e. The number of carbonyl (C=O) groups excluding carboxylic acids is 3. The summed E-state index contributed by atoms with van der Waals surface area (Å²) in [5.41, 5.74) is 1.39. The Hall–Kier alpha value is -3.22. The molecule has 2 rings (SSSR count). The predicted molar refractivity (Wildman–Crippen MR) is 102 cm³/mol. The molecular weight excluding hydrogens is 363 g/mol. The Balaban J connectivity index is 2.15. The molecule has 28 heavy (non-hydrogen) atoms. The lowest BCUT2D eigenvalue weighted by atomic mass is 10.0. The average Bonchev–Trinajstić information content (AvgIpc) is 2.66. The number of nitrogens with one attached hydrogen (secondary N) is 2. The number of hydrogen-bond donors (Lipinski definition) is 2. The summed E-state index contributed by atoms with van der Waals surface area (Å²) in [6, 6.07) is 13.1. The molecule has 2 aromatic carbocycles. The maximum absolute atomic E-state index is 13.4. The number of carbonyl (C=O) groups is 3. The topological polar surface area (TPSA) is 84.5 Å². The second kappa shape index (κ2) is 10.2. The zero-order valence-electron chi connectivity index (χ0n) is 15.8. The summed E-state index contributed by atoms with van der Waals surface area (Å²) in [4.78, 5) is 36.4. The first-order valence-electron chi connectivity index (χ1n) is 8.82. The predicted octanol–water partition coefficient (Wildman–Crippen LogP) is 1.77. The van der Waals surface area contributed by atoms with E-state index >= 15 is 0 Å². The fraction of sp³-hybridized carbons (Fsp3) is 0.286. The molecule has 0 aliphatic carbocycles. The number of methoxy groups -OCH3 is 1. The highest BCUT2D eigenvalue weighted by Crippen LogP contribution is 2.09. The van der Waals surface area contributed by atoms with Gasteiger partial charge >= 0.3 is 5.97 Å². The van der Waals surface area contributed by atoms with Crippen molar-refractivity contribution in [3.63, 3.8) is 0 Å². The molecule has 0 fully saturated rings. The molecule has 0 unspecified atom stereocenters. The number of hydrogen-bond acceptors (Lipinski definition) is 4. The van der Waals surface area contributed by atoms with Gasteiger partial charge in [-0.25, -0.2) is 9.18 Å². The van der Waals surface area contributed by atoms with Gasteiger partial charge in [0, 0.05) is 19.8 Å². The molecule has 0 bridgehead atoms. The Morgan fingerprint density at radius 2 is 1.57 bits per heavy atom. The van der Waals surface area contributed by atoms with E-state index in [9.17, 15) is 18.8 Å². The number of benzene rings is 2. The number of amides is 2. The van der Waals surface area contributed by atoms with Gasteiger partial charge < -0.3 is 15.4 Å². The minimum Gasteiger partial charge on any atom is -0.467 e. The standard InChI is InChI=1S/C21H23FN2O4/c1-14(25)23-18(13-16-9-6-10-17(22)11-16)20(26)24-19(21(27)28-2)12-15-7-4-3-5-8-15/h3-11,18-19H,12-13H2,1-2H3,(H,23,25)(H,24,26)/t18-,19-/m0/s1. The molecule has 2 atom stereocenters. The van der Waals surface area contributed by atoms with Crippen molar-refractivity contribution in [3.8, 4) is 0 Å². The summed E-state index contributed by atoms with van der Waals surface area (Å²) >= 11 is 0. The molecule has 0 aromatic heterocycles. The van der Waals surface area contributed by atoms with Crippen LogP contribution in [0.15, 0.2) is 54.6 Å². The van der Waals surface area contributed by atoms with E-state index in [0.29, 0.717) is 5.56 Å². The molecule has 0 aliphatic rings. The van der Waals surface area contributed by atoms with Gasteiger partial charge in [0.25, 0.3) is 0 Å². The first-order valence-corrected chi connectivity index (χ1v) is 8.82. The van der Waals surface area contributed by atoms with Crippen molar-refractivity contribution in [2.24, 2.45) is 0 Å². The summed E-state index contributed by atoms with van der Waals surface area (Å²) in [6.07, 6.45) is 0.328. The van der Waals surface area contributed by atoms with E-state index in [1.54, 1.807) is 6.07 Å². The molecular formula is C21H23FN2O4. The van der Waals surface area contributed by atoms with Crippen molar-refractivity contribution in [2.75, 3.05) is 7.11 Å². The van der Waals surface area contributed by atoms with Gasteiger partial charge in [-0.15, -0.1) is 0 Å². The van der Waals surface area contributed by atoms with Crippen molar-refractivity contribution in [1.82, 2.24) is 10.6 Å². The van der Waals surface area contributed by atoms with Crippen molar-refractivity contribution in [2.45, 2.75) is 31.8 Å². The van der Waals surface area contributed by atoms with Gasteiger partial charge in [-0.1, -0.05) is 42.5 Å². The quantitative estimate of drug-likeness (QED) is 0.678. The third-order valence-electron chi connectivity index (χ3n) is 4.11. The van der Waals surface area contributed by atoms with Gasteiger partial charge in [0.15, 0.2) is 0 Å². The monoisotopic (exact) mass is 386 g/mol. The molecule has 7 heteroatoms. The van der Waals surface area contributed by atoms with Crippen molar-refractivity contribution in [1.29, 1.82) is 0 Å². The highest BCUT2D eigenvalue weighted by molar-refractivity contribution is 5.90. The molecule has 0 aliphatic heterocycles. The average molecular weight is 386 g/mol. The van der Waals surface area contributed by atoms with Crippen LogP contribution in [0.5, 0.6) is 0 Å². The highest BCUT2D eigenvalue weighted by Gasteiger charge is 2.27. The minimum atomic E-state index is -0.956. The lowest BCUT2D eigenvalue weighted by Crippen LogP contribution is -2.53. The van der Waals surface area contributed by atoms with Crippen LogP contribution < -0.4 is 10.6 Å². The fourth-order valence-electron chi connectivity index (χ4n) is 2.81. The van der Waals surface area contributed by atoms with Gasteiger partial charge in [0.2, 0.25) is 11.8 Å². The van der Waals surface area contributed by atoms with Crippen LogP contribution in [-0.4, -0.2) is 37.0 Å². The Kier molecular flexibility index (Phi) is 7.68. The SMILES string of the molecule is COC(=O)[C@H](Cc1ccccc1)NC(=O)[C@H](Cc1cccc(F)c1)NC(C)=O. The molecule has 148 valence electrons. The van der Waals surface area contributed by atoms with Crippen LogP contribution >= 0.6 is 0 Å². The molecule has 6 nitrogen and oxygen atoms in total. The first-order chi connectivity index (χ1) is 13.4. The van der Waals surface area contributed by atoms with Gasteiger partial charge in [-0.05, 0) is 23.3 Å². The van der Waals surface area contributed by atoms with Crippen LogP contribution in [0.1, 0.15) is 18.1 Å². The third-order valence-corrected chi connectivity index (χ3v) is 4.11. The molecule has 2 aromatic rings. The second-order valence-electron chi connectivity index (χ2n) is 6.36. The smallest absolute Gasteiger partial charge is 0.328 e. The van der Waals surface area contributed by atoms with Gasteiger partial charge in [-0.2, -0.15) is 0 Å². The third kappa shape index (κ3) is 6.50. The Bertz CT molecular complexity index is 826. The zero-order valence-corrected chi connectivity index (χ0v) is 15.8. The largest absolute Gasteiger partial charge is 0.467 e. The Morgan fingerprint density at radius 3 is 2.18 bits per heavy atom. The first kappa shape index (κ1) is 21.1. The summed E-state index contributed by atoms with van der Waals surface area (Å²) in [5, 5.41) is 5.18. The number of ether oxygens (including phenoxy) is 1. The molecule has 2 amide bonds. The summed E-state index contributed by atoms with van der Waals surface area (Å²) in [5.74, 6) is -1.99. The normalized spacial score (nSPS) is 12.5. The van der Waals surface area contributed by atoms with Crippen LogP contribution in [0.25, 0.3) is 0 Å². The molecule has 0 spiro atoms. The van der Waals surface area contributed by atoms with Crippen LogP contribution in [-0.2, 0) is 32.0 Å². The fourth-order valence-corrected chi connectivity index (χ4v) is 2.81. The summed E-state index contributed by atoms with van der Waals surface area (Å²) in [6.45, 7) is 1.29. The van der Waals surface area contributed by atoms with Gasteiger partial charge in [0.1, 0.15) is 17.9 Å². The molecule has 0 heterocycles. The molecule has 0 saturated heterocycles. The van der Waals surface area contributed by atoms with Crippen LogP contribution in [0.4, 0.5) is 4.39 Å². The van der Waals surface area contributed by atoms with E-state index in [-0.39, 0.29) is 12.8 Å². The highest BCUT2D eigenvalue weighted by atomic mass is 19.1. The van der Waals surface area contributed by atoms with E-state index in [1.807, 2.05) is 30.3 Å². The minimum absolute atomic E-state index is 0.0857. The molecule has 0 saturated carbocycles. The van der Waals surface area contributed by atoms with Crippen LogP contribution in [0.3, 0.4) is 0 Å². The van der Waals surface area contributed by atoms with E-state index in [0.717, 1.165) is 5.56 Å². The second-order valence-corrected chi connectivity index (χ2v) is 6.36. The summed E-state index contributed by atoms with van der Waals surface area (Å²) in [7, 11) is 1.24. The molecule has 2 N–H and O–H groups in total. The lowest BCUT2D eigenvalue weighted by molar-refractivity contribution is -0.145. The van der Waals surface area contributed by atoms with Crippen LogP contribution in [0, 0.1) is 5.82 Å². The number of halogens is 1. The molecule has 0 radical (unpaired) electrons. The lowest BCUT2D eigenvalue weighted by Gasteiger charge is -2.22.